The van der Waals surface area contributed by atoms with E-state index in [1.165, 1.54) is 10.5 Å². The summed E-state index contributed by atoms with van der Waals surface area (Å²) in [6.45, 7) is 11.5. The number of aryl methyl sites for hydroxylation is 1. The topological polar surface area (TPSA) is 106 Å². The molecule has 0 aliphatic carbocycles. The fraction of sp³-hybridized carbons (Fsp3) is 0.357. The van der Waals surface area contributed by atoms with Gasteiger partial charge in [-0.2, -0.15) is 10.2 Å². The Morgan fingerprint density at radius 2 is 1.94 bits per heavy atom. The van der Waals surface area contributed by atoms with Crippen molar-refractivity contribution in [1.29, 1.82) is 5.26 Å². The number of benzene rings is 1. The van der Waals surface area contributed by atoms with Gasteiger partial charge >= 0.3 is 0 Å². The van der Waals surface area contributed by atoms with Crippen molar-refractivity contribution < 1.29 is 14.3 Å². The molecule has 0 atom stereocenters. The Morgan fingerprint density at radius 3 is 2.58 bits per heavy atom. The lowest BCUT2D eigenvalue weighted by atomic mass is 9.87. The minimum atomic E-state index is -0.580. The van der Waals surface area contributed by atoms with Crippen LogP contribution in [0.25, 0.3) is 11.7 Å². The number of nitrogens with zero attached hydrogens (tertiary/aromatic N) is 3. The van der Waals surface area contributed by atoms with E-state index in [2.05, 4.69) is 31.1 Å². The Labute approximate surface area is 211 Å². The van der Waals surface area contributed by atoms with E-state index in [0.29, 0.717) is 37.6 Å². The molecule has 0 saturated heterocycles. The van der Waals surface area contributed by atoms with Crippen LogP contribution in [0.5, 0.6) is 11.6 Å². The van der Waals surface area contributed by atoms with Crippen molar-refractivity contribution in [3.63, 3.8) is 0 Å². The molecule has 0 saturated carbocycles. The highest BCUT2D eigenvalue weighted by atomic mass is 16.5. The van der Waals surface area contributed by atoms with E-state index in [4.69, 9.17) is 9.47 Å². The fourth-order valence-corrected chi connectivity index (χ4v) is 3.54. The minimum absolute atomic E-state index is 0.0130. The van der Waals surface area contributed by atoms with Gasteiger partial charge in [0, 0.05) is 26.0 Å². The molecule has 0 aliphatic rings. The van der Waals surface area contributed by atoms with Gasteiger partial charge in [0.25, 0.3) is 11.5 Å². The quantitative estimate of drug-likeness (QED) is 0.269. The van der Waals surface area contributed by atoms with Gasteiger partial charge in [0.1, 0.15) is 28.6 Å². The first kappa shape index (κ1) is 26.6. The average molecular weight is 489 g/mol. The molecule has 1 amide bonds. The maximum atomic E-state index is 13.4. The number of aromatic nitrogens is 2. The number of amides is 1. The number of hydrogen-bond acceptors (Lipinski definition) is 6. The van der Waals surface area contributed by atoms with Gasteiger partial charge < -0.3 is 14.8 Å². The molecule has 3 aromatic rings. The molecule has 0 aliphatic heterocycles. The minimum Gasteiger partial charge on any atom is -0.438 e. The van der Waals surface area contributed by atoms with Crippen LogP contribution in [0.15, 0.2) is 53.0 Å². The number of carbonyl (C=O) groups excluding carboxylic acids is 1. The normalized spacial score (nSPS) is 11.8. The van der Waals surface area contributed by atoms with Crippen molar-refractivity contribution in [1.82, 2.24) is 14.7 Å². The smallest absolute Gasteiger partial charge is 0.269 e. The number of nitrogens with one attached hydrogen (secondary N) is 1. The molecule has 8 nitrogen and oxygen atoms in total. The van der Waals surface area contributed by atoms with Gasteiger partial charge in [-0.05, 0) is 61.1 Å². The van der Waals surface area contributed by atoms with E-state index in [9.17, 15) is 14.9 Å². The molecule has 188 valence electrons. The van der Waals surface area contributed by atoms with Crippen molar-refractivity contribution in [2.24, 2.45) is 0 Å². The first-order valence-corrected chi connectivity index (χ1v) is 11.9. The SMILES string of the molecule is CCOCCCNC(=O)/C(C#N)=C/c1c(Oc2ccc(C(C)(C)C)cc2)nc2c(C)cccn2c1=O. The number of rotatable bonds is 9. The Balaban J connectivity index is 2.02. The molecule has 0 spiro atoms. The van der Waals surface area contributed by atoms with Crippen molar-refractivity contribution in [3.8, 4) is 17.7 Å². The highest BCUT2D eigenvalue weighted by molar-refractivity contribution is 6.01. The molecule has 36 heavy (non-hydrogen) atoms. The zero-order chi connectivity index (χ0) is 26.3. The molecule has 2 aromatic heterocycles. The van der Waals surface area contributed by atoms with E-state index in [1.54, 1.807) is 12.3 Å². The van der Waals surface area contributed by atoms with E-state index < -0.39 is 11.5 Å². The van der Waals surface area contributed by atoms with Gasteiger partial charge in [-0.1, -0.05) is 39.0 Å². The van der Waals surface area contributed by atoms with Gasteiger partial charge in [0.05, 0.1) is 0 Å². The summed E-state index contributed by atoms with van der Waals surface area (Å²) in [6, 6.07) is 13.0. The summed E-state index contributed by atoms with van der Waals surface area (Å²) in [5.74, 6) is -0.0701. The van der Waals surface area contributed by atoms with Crippen molar-refractivity contribution in [3.05, 3.63) is 75.2 Å². The van der Waals surface area contributed by atoms with Crippen LogP contribution in [0.3, 0.4) is 0 Å². The summed E-state index contributed by atoms with van der Waals surface area (Å²) >= 11 is 0. The lowest BCUT2D eigenvalue weighted by Gasteiger charge is -2.19. The molecule has 1 N–H and O–H groups in total. The molecule has 1 aromatic carbocycles. The van der Waals surface area contributed by atoms with Crippen LogP contribution in [0.4, 0.5) is 0 Å². The third-order valence-corrected chi connectivity index (χ3v) is 5.59. The predicted octanol–water partition coefficient (Wildman–Crippen LogP) is 4.54. The predicted molar refractivity (Wildman–Crippen MR) is 139 cm³/mol. The third kappa shape index (κ3) is 6.37. The summed E-state index contributed by atoms with van der Waals surface area (Å²) in [7, 11) is 0. The summed E-state index contributed by atoms with van der Waals surface area (Å²) in [6.07, 6.45) is 3.44. The third-order valence-electron chi connectivity index (χ3n) is 5.59. The van der Waals surface area contributed by atoms with Crippen molar-refractivity contribution in [2.45, 2.75) is 46.5 Å². The summed E-state index contributed by atoms with van der Waals surface area (Å²) in [5, 5.41) is 12.3. The largest absolute Gasteiger partial charge is 0.438 e. The molecule has 0 radical (unpaired) electrons. The zero-order valence-electron chi connectivity index (χ0n) is 21.4. The van der Waals surface area contributed by atoms with Gasteiger partial charge in [0.15, 0.2) is 0 Å². The maximum Gasteiger partial charge on any atom is 0.269 e. The van der Waals surface area contributed by atoms with Crippen LogP contribution in [0.2, 0.25) is 0 Å². The molecule has 0 fully saturated rings. The van der Waals surface area contributed by atoms with Crippen LogP contribution in [0.1, 0.15) is 50.8 Å². The van der Waals surface area contributed by atoms with Crippen LogP contribution in [-0.4, -0.2) is 35.1 Å². The second kappa shape index (κ2) is 11.6. The van der Waals surface area contributed by atoms with Gasteiger partial charge in [-0.3, -0.25) is 14.0 Å². The monoisotopic (exact) mass is 488 g/mol. The summed E-state index contributed by atoms with van der Waals surface area (Å²) < 4.78 is 12.7. The van der Waals surface area contributed by atoms with Crippen LogP contribution < -0.4 is 15.6 Å². The first-order chi connectivity index (χ1) is 17.2. The summed E-state index contributed by atoms with van der Waals surface area (Å²) in [5.41, 5.74) is 1.67. The Kier molecular flexibility index (Phi) is 8.62. The van der Waals surface area contributed by atoms with Crippen LogP contribution in [0, 0.1) is 18.3 Å². The van der Waals surface area contributed by atoms with Gasteiger partial charge in [-0.25, -0.2) is 0 Å². The van der Waals surface area contributed by atoms with Gasteiger partial charge in [0.2, 0.25) is 5.88 Å². The second-order valence-corrected chi connectivity index (χ2v) is 9.37. The van der Waals surface area contributed by atoms with Crippen molar-refractivity contribution >= 4 is 17.6 Å². The Hall–Kier alpha value is -3.96. The number of ether oxygens (including phenoxy) is 2. The number of carbonyl (C=O) groups is 1. The van der Waals surface area contributed by atoms with E-state index in [-0.39, 0.29) is 22.4 Å². The number of fused-ring (bicyclic) bond motifs is 1. The lowest BCUT2D eigenvalue weighted by Crippen LogP contribution is -2.27. The van der Waals surface area contributed by atoms with Crippen molar-refractivity contribution in [2.75, 3.05) is 19.8 Å². The molecule has 2 heterocycles. The Bertz CT molecular complexity index is 1360. The summed E-state index contributed by atoms with van der Waals surface area (Å²) in [4.78, 5) is 30.6. The highest BCUT2D eigenvalue weighted by Crippen LogP contribution is 2.28. The highest BCUT2D eigenvalue weighted by Gasteiger charge is 2.19. The molecule has 0 unspecified atom stereocenters. The molecular formula is C28H32N4O4. The average Bonchev–Trinajstić information content (AvgIpc) is 2.84. The van der Waals surface area contributed by atoms with E-state index >= 15 is 0 Å². The second-order valence-electron chi connectivity index (χ2n) is 9.37. The molecule has 8 heteroatoms. The number of nitriles is 1. The number of pyridine rings is 1. The molecular weight excluding hydrogens is 456 g/mol. The Morgan fingerprint density at radius 1 is 1.22 bits per heavy atom. The maximum absolute atomic E-state index is 13.4. The van der Waals surface area contributed by atoms with Gasteiger partial charge in [-0.15, -0.1) is 0 Å². The standard InChI is InChI=1S/C28H32N4O4/c1-6-35-16-8-14-30-25(33)20(18-29)17-23-26(31-24-19(2)9-7-15-32(24)27(23)34)36-22-12-10-21(11-13-22)28(3,4)5/h7,9-13,15,17H,6,8,14,16H2,1-5H3,(H,30,33)/b20-17+. The molecule has 3 rings (SSSR count). The fourth-order valence-electron chi connectivity index (χ4n) is 3.54. The molecule has 0 bridgehead atoms. The van der Waals surface area contributed by atoms with Crippen LogP contribution in [-0.2, 0) is 14.9 Å². The number of hydrogen-bond donors (Lipinski definition) is 1. The zero-order valence-corrected chi connectivity index (χ0v) is 21.4. The van der Waals surface area contributed by atoms with E-state index in [0.717, 1.165) is 11.1 Å². The van der Waals surface area contributed by atoms with E-state index in [1.807, 2.05) is 50.2 Å². The van der Waals surface area contributed by atoms with Crippen LogP contribution >= 0.6 is 0 Å². The first-order valence-electron chi connectivity index (χ1n) is 11.9. The lowest BCUT2D eigenvalue weighted by molar-refractivity contribution is -0.117.